The average Bonchev–Trinajstić information content (AvgIpc) is 2.38. The van der Waals surface area contributed by atoms with Crippen molar-refractivity contribution in [3.63, 3.8) is 0 Å². The summed E-state index contributed by atoms with van der Waals surface area (Å²) in [6, 6.07) is 0. The van der Waals surface area contributed by atoms with E-state index in [9.17, 15) is 4.79 Å². The topological polar surface area (TPSA) is 63.3 Å². The number of aliphatic carboxylic acids is 1. The van der Waals surface area contributed by atoms with Crippen molar-refractivity contribution in [3.8, 4) is 0 Å². The molecule has 1 rings (SSSR count). The molecule has 0 saturated heterocycles. The normalized spacial score (nSPS) is 23.9. The minimum absolute atomic E-state index is 0.121. The zero-order chi connectivity index (χ0) is 7.72. The third kappa shape index (κ3) is 1.18. The molecule has 0 heterocycles. The quantitative estimate of drug-likeness (QED) is 0.547. The first-order chi connectivity index (χ1) is 4.63. The molecule has 0 saturated carbocycles. The third-order valence-corrected chi connectivity index (χ3v) is 1.60. The number of hydrogen-bond donors (Lipinski definition) is 2. The van der Waals surface area contributed by atoms with Crippen LogP contribution in [0.25, 0.3) is 0 Å². The highest BCUT2D eigenvalue weighted by molar-refractivity contribution is 5.80. The largest absolute Gasteiger partial charge is 0.478 e. The summed E-state index contributed by atoms with van der Waals surface area (Å²) < 4.78 is 0. The zero-order valence-corrected chi connectivity index (χ0v) is 5.66. The maximum absolute atomic E-state index is 10.00. The van der Waals surface area contributed by atoms with Crippen molar-refractivity contribution in [1.29, 1.82) is 0 Å². The van der Waals surface area contributed by atoms with Gasteiger partial charge in [-0.1, -0.05) is 6.08 Å². The molecule has 0 bridgehead atoms. The van der Waals surface area contributed by atoms with E-state index in [1.54, 1.807) is 6.08 Å². The first kappa shape index (κ1) is 6.86. The molecular weight excluding hydrogens is 130 g/mol. The SMILES string of the molecule is CC1=C(N)C1/C=C/C(=O)O. The van der Waals surface area contributed by atoms with E-state index in [-0.39, 0.29) is 5.92 Å². The second kappa shape index (κ2) is 2.17. The van der Waals surface area contributed by atoms with E-state index in [4.69, 9.17) is 10.8 Å². The van der Waals surface area contributed by atoms with Crippen molar-refractivity contribution in [3.05, 3.63) is 23.4 Å². The molecule has 3 heteroatoms. The lowest BCUT2D eigenvalue weighted by molar-refractivity contribution is -0.131. The number of carboxylic acids is 1. The van der Waals surface area contributed by atoms with E-state index in [1.807, 2.05) is 6.92 Å². The van der Waals surface area contributed by atoms with Crippen molar-refractivity contribution < 1.29 is 9.90 Å². The fourth-order valence-corrected chi connectivity index (χ4v) is 0.803. The Hall–Kier alpha value is -1.25. The lowest BCUT2D eigenvalue weighted by atomic mass is 10.3. The van der Waals surface area contributed by atoms with Crippen molar-refractivity contribution in [1.82, 2.24) is 0 Å². The van der Waals surface area contributed by atoms with Gasteiger partial charge in [0.05, 0.1) is 0 Å². The number of carboxylic acid groups (broad SMARTS) is 1. The molecule has 54 valence electrons. The fraction of sp³-hybridized carbons (Fsp3) is 0.286. The Morgan fingerprint density at radius 2 is 2.30 bits per heavy atom. The fourth-order valence-electron chi connectivity index (χ4n) is 0.803. The smallest absolute Gasteiger partial charge is 0.328 e. The molecular formula is C7H9NO2. The number of rotatable bonds is 2. The minimum Gasteiger partial charge on any atom is -0.478 e. The van der Waals surface area contributed by atoms with Gasteiger partial charge in [0.2, 0.25) is 0 Å². The van der Waals surface area contributed by atoms with Gasteiger partial charge in [-0.3, -0.25) is 0 Å². The third-order valence-electron chi connectivity index (χ3n) is 1.60. The highest BCUT2D eigenvalue weighted by Gasteiger charge is 2.27. The minimum atomic E-state index is -0.924. The van der Waals surface area contributed by atoms with Crippen molar-refractivity contribution >= 4 is 5.97 Å². The average molecular weight is 139 g/mol. The van der Waals surface area contributed by atoms with E-state index in [2.05, 4.69) is 0 Å². The van der Waals surface area contributed by atoms with Gasteiger partial charge in [0, 0.05) is 17.7 Å². The molecule has 0 aromatic heterocycles. The standard InChI is InChI=1S/C7H9NO2/c1-4-5(7(4)8)2-3-6(9)10/h2-3,5H,8H2,1H3,(H,9,10)/b3-2+. The molecule has 3 nitrogen and oxygen atoms in total. The van der Waals surface area contributed by atoms with Crippen LogP contribution in [0.1, 0.15) is 6.92 Å². The highest BCUT2D eigenvalue weighted by Crippen LogP contribution is 2.35. The zero-order valence-electron chi connectivity index (χ0n) is 5.66. The van der Waals surface area contributed by atoms with Gasteiger partial charge in [-0.05, 0) is 12.5 Å². The molecule has 0 fully saturated rings. The van der Waals surface area contributed by atoms with Crippen LogP contribution in [0.3, 0.4) is 0 Å². The second-order valence-corrected chi connectivity index (χ2v) is 2.31. The molecule has 1 atom stereocenters. The predicted octanol–water partition coefficient (Wildman–Crippen LogP) is 0.490. The van der Waals surface area contributed by atoms with Gasteiger partial charge < -0.3 is 10.8 Å². The van der Waals surface area contributed by atoms with E-state index < -0.39 is 5.97 Å². The van der Waals surface area contributed by atoms with Crippen molar-refractivity contribution in [2.75, 3.05) is 0 Å². The Kier molecular flexibility index (Phi) is 1.49. The Morgan fingerprint density at radius 3 is 2.60 bits per heavy atom. The van der Waals surface area contributed by atoms with Crippen LogP contribution in [0.15, 0.2) is 23.4 Å². The van der Waals surface area contributed by atoms with Crippen molar-refractivity contribution in [2.45, 2.75) is 6.92 Å². The van der Waals surface area contributed by atoms with Crippen LogP contribution < -0.4 is 5.73 Å². The van der Waals surface area contributed by atoms with Crippen LogP contribution in [-0.2, 0) is 4.79 Å². The van der Waals surface area contributed by atoms with Crippen LogP contribution in [0, 0.1) is 5.92 Å². The molecule has 1 unspecified atom stereocenters. The Bertz CT molecular complexity index is 216. The lowest BCUT2D eigenvalue weighted by Gasteiger charge is -1.83. The Balaban J connectivity index is 2.39. The maximum atomic E-state index is 10.00. The molecule has 0 spiro atoms. The second-order valence-electron chi connectivity index (χ2n) is 2.31. The van der Waals surface area contributed by atoms with Crippen LogP contribution in [0.2, 0.25) is 0 Å². The molecule has 3 N–H and O–H groups in total. The Labute approximate surface area is 58.8 Å². The summed E-state index contributed by atoms with van der Waals surface area (Å²) in [5, 5.41) is 8.22. The van der Waals surface area contributed by atoms with E-state index in [0.717, 1.165) is 17.3 Å². The first-order valence-corrected chi connectivity index (χ1v) is 3.00. The van der Waals surface area contributed by atoms with Gasteiger partial charge in [-0.2, -0.15) is 0 Å². The molecule has 0 aromatic carbocycles. The number of allylic oxidation sites excluding steroid dienone is 2. The van der Waals surface area contributed by atoms with Crippen molar-refractivity contribution in [2.24, 2.45) is 11.7 Å². The Morgan fingerprint density at radius 1 is 1.80 bits per heavy atom. The highest BCUT2D eigenvalue weighted by atomic mass is 16.4. The summed E-state index contributed by atoms with van der Waals surface area (Å²) in [7, 11) is 0. The van der Waals surface area contributed by atoms with E-state index in [0.29, 0.717) is 0 Å². The van der Waals surface area contributed by atoms with Gasteiger partial charge >= 0.3 is 5.97 Å². The number of nitrogens with two attached hydrogens (primary N) is 1. The monoisotopic (exact) mass is 139 g/mol. The molecule has 10 heavy (non-hydrogen) atoms. The molecule has 1 aliphatic carbocycles. The summed E-state index contributed by atoms with van der Waals surface area (Å²) in [5.41, 5.74) is 7.32. The van der Waals surface area contributed by atoms with Gasteiger partial charge in [0.25, 0.3) is 0 Å². The summed E-state index contributed by atoms with van der Waals surface area (Å²) in [6.45, 7) is 1.90. The predicted molar refractivity (Wildman–Crippen MR) is 37.2 cm³/mol. The number of carbonyl (C=O) groups is 1. The molecule has 0 radical (unpaired) electrons. The maximum Gasteiger partial charge on any atom is 0.328 e. The van der Waals surface area contributed by atoms with E-state index in [1.165, 1.54) is 0 Å². The number of hydrogen-bond acceptors (Lipinski definition) is 2. The van der Waals surface area contributed by atoms with Gasteiger partial charge in [-0.15, -0.1) is 0 Å². The molecule has 0 amide bonds. The summed E-state index contributed by atoms with van der Waals surface area (Å²) >= 11 is 0. The van der Waals surface area contributed by atoms with E-state index >= 15 is 0 Å². The lowest BCUT2D eigenvalue weighted by Crippen LogP contribution is -1.90. The molecule has 1 aliphatic rings. The summed E-state index contributed by atoms with van der Waals surface area (Å²) in [6.07, 6.45) is 2.71. The molecule has 0 aromatic rings. The summed E-state index contributed by atoms with van der Waals surface area (Å²) in [5.74, 6) is -0.802. The van der Waals surface area contributed by atoms with Crippen LogP contribution in [0.4, 0.5) is 0 Å². The van der Waals surface area contributed by atoms with Crippen LogP contribution in [-0.4, -0.2) is 11.1 Å². The van der Waals surface area contributed by atoms with Gasteiger partial charge in [0.15, 0.2) is 0 Å². The first-order valence-electron chi connectivity index (χ1n) is 3.00. The summed E-state index contributed by atoms with van der Waals surface area (Å²) in [4.78, 5) is 10.00. The van der Waals surface area contributed by atoms with Crippen LogP contribution >= 0.6 is 0 Å². The van der Waals surface area contributed by atoms with Gasteiger partial charge in [0.1, 0.15) is 0 Å². The van der Waals surface area contributed by atoms with Crippen LogP contribution in [0.5, 0.6) is 0 Å². The van der Waals surface area contributed by atoms with Gasteiger partial charge in [-0.25, -0.2) is 4.79 Å². The molecule has 0 aliphatic heterocycles.